The van der Waals surface area contributed by atoms with Crippen LogP contribution >= 0.6 is 0 Å². The predicted molar refractivity (Wildman–Crippen MR) is 95.7 cm³/mol. The highest BCUT2D eigenvalue weighted by Gasteiger charge is 2.12. The van der Waals surface area contributed by atoms with Gasteiger partial charge in [-0.15, -0.1) is 0 Å². The second-order valence-corrected chi connectivity index (χ2v) is 5.22. The fourth-order valence-corrected chi connectivity index (χ4v) is 2.39. The van der Waals surface area contributed by atoms with Crippen molar-refractivity contribution in [2.24, 2.45) is 10.8 Å². The molecule has 6 nitrogen and oxygen atoms in total. The van der Waals surface area contributed by atoms with E-state index >= 15 is 0 Å². The van der Waals surface area contributed by atoms with Crippen LogP contribution in [0.25, 0.3) is 10.8 Å². The number of nitrogens with one attached hydrogen (secondary N) is 1. The van der Waals surface area contributed by atoms with Gasteiger partial charge in [0.05, 0.1) is 11.8 Å². The van der Waals surface area contributed by atoms with E-state index in [0.29, 0.717) is 16.9 Å². The number of carbonyl (C=O) groups is 2. The lowest BCUT2D eigenvalue weighted by atomic mass is 10.0. The molecule has 6 heteroatoms. The molecule has 0 atom stereocenters. The molecule has 0 aliphatic rings. The van der Waals surface area contributed by atoms with Crippen molar-refractivity contribution in [1.29, 1.82) is 0 Å². The summed E-state index contributed by atoms with van der Waals surface area (Å²) in [6, 6.07) is 19.1. The molecule has 0 saturated carbocycles. The van der Waals surface area contributed by atoms with Gasteiger partial charge in [0.15, 0.2) is 0 Å². The summed E-state index contributed by atoms with van der Waals surface area (Å²) in [5, 5.41) is 5.47. The van der Waals surface area contributed by atoms with Crippen LogP contribution in [0.15, 0.2) is 71.8 Å². The molecular formula is C19H15N3O3. The van der Waals surface area contributed by atoms with Crippen LogP contribution in [0.4, 0.5) is 4.79 Å². The lowest BCUT2D eigenvalue weighted by Gasteiger charge is -2.07. The first-order valence-corrected chi connectivity index (χ1v) is 7.52. The zero-order chi connectivity index (χ0) is 17.6. The second-order valence-electron chi connectivity index (χ2n) is 5.22. The average Bonchev–Trinajstić information content (AvgIpc) is 2.61. The van der Waals surface area contributed by atoms with E-state index in [-0.39, 0.29) is 0 Å². The number of rotatable bonds is 4. The molecule has 0 heterocycles. The summed E-state index contributed by atoms with van der Waals surface area (Å²) in [5.74, 6) is -0.0675. The molecule has 0 unspecified atom stereocenters. The number of primary amides is 1. The Morgan fingerprint density at radius 1 is 1.00 bits per heavy atom. The van der Waals surface area contributed by atoms with E-state index in [1.165, 1.54) is 6.21 Å². The molecule has 3 aromatic rings. The van der Waals surface area contributed by atoms with E-state index in [9.17, 15) is 9.59 Å². The number of esters is 1. The number of carbonyl (C=O) groups excluding carboxylic acids is 2. The minimum Gasteiger partial charge on any atom is -0.423 e. The van der Waals surface area contributed by atoms with Crippen molar-refractivity contribution in [3.63, 3.8) is 0 Å². The summed E-state index contributed by atoms with van der Waals surface area (Å²) < 4.78 is 5.46. The number of hydrogen-bond donors (Lipinski definition) is 2. The topological polar surface area (TPSA) is 93.8 Å². The summed E-state index contributed by atoms with van der Waals surface area (Å²) in [6.45, 7) is 0. The largest absolute Gasteiger partial charge is 0.423 e. The molecule has 0 fully saturated rings. The quantitative estimate of drug-likeness (QED) is 0.332. The Balaban J connectivity index is 1.81. The highest BCUT2D eigenvalue weighted by Crippen LogP contribution is 2.21. The van der Waals surface area contributed by atoms with Crippen molar-refractivity contribution in [3.8, 4) is 5.75 Å². The first kappa shape index (κ1) is 16.2. The number of ether oxygens (including phenoxy) is 1. The van der Waals surface area contributed by atoms with Gasteiger partial charge in [0, 0.05) is 0 Å². The average molecular weight is 333 g/mol. The van der Waals surface area contributed by atoms with Crippen molar-refractivity contribution in [3.05, 3.63) is 77.9 Å². The fraction of sp³-hybridized carbons (Fsp3) is 0. The van der Waals surface area contributed by atoms with Crippen molar-refractivity contribution in [1.82, 2.24) is 5.43 Å². The molecule has 3 rings (SSSR count). The number of hydrazone groups is 1. The van der Waals surface area contributed by atoms with E-state index in [1.807, 2.05) is 36.4 Å². The predicted octanol–water partition coefficient (Wildman–Crippen LogP) is 3.06. The van der Waals surface area contributed by atoms with Crippen molar-refractivity contribution < 1.29 is 14.3 Å². The van der Waals surface area contributed by atoms with Gasteiger partial charge < -0.3 is 10.5 Å². The van der Waals surface area contributed by atoms with E-state index < -0.39 is 12.0 Å². The lowest BCUT2D eigenvalue weighted by molar-refractivity contribution is 0.0737. The SMILES string of the molecule is NC(=O)N/N=C\c1cccc(OC(=O)c2cccc3ccccc23)c1. The summed E-state index contributed by atoms with van der Waals surface area (Å²) >= 11 is 0. The second kappa shape index (κ2) is 7.27. The van der Waals surface area contributed by atoms with Gasteiger partial charge in [-0.05, 0) is 34.5 Å². The maximum atomic E-state index is 12.5. The molecule has 0 radical (unpaired) electrons. The van der Waals surface area contributed by atoms with Crippen LogP contribution in [-0.4, -0.2) is 18.2 Å². The van der Waals surface area contributed by atoms with Crippen LogP contribution in [-0.2, 0) is 0 Å². The van der Waals surface area contributed by atoms with Crippen LogP contribution in [0, 0.1) is 0 Å². The van der Waals surface area contributed by atoms with Gasteiger partial charge >= 0.3 is 12.0 Å². The monoisotopic (exact) mass is 333 g/mol. The molecule has 0 bridgehead atoms. The Labute approximate surface area is 143 Å². The molecule has 2 amide bonds. The first-order valence-electron chi connectivity index (χ1n) is 7.52. The molecule has 0 spiro atoms. The number of hydrogen-bond acceptors (Lipinski definition) is 4. The summed E-state index contributed by atoms with van der Waals surface area (Å²) in [6.07, 6.45) is 1.40. The minimum absolute atomic E-state index is 0.376. The van der Waals surface area contributed by atoms with Crippen molar-refractivity contribution >= 4 is 29.0 Å². The highest BCUT2D eigenvalue weighted by molar-refractivity contribution is 6.05. The fourth-order valence-electron chi connectivity index (χ4n) is 2.39. The number of fused-ring (bicyclic) bond motifs is 1. The van der Waals surface area contributed by atoms with Gasteiger partial charge in [-0.1, -0.05) is 48.5 Å². The first-order chi connectivity index (χ1) is 12.1. The van der Waals surface area contributed by atoms with Crippen LogP contribution < -0.4 is 15.9 Å². The van der Waals surface area contributed by atoms with E-state index in [0.717, 1.165) is 10.8 Å². The summed E-state index contributed by atoms with van der Waals surface area (Å²) in [4.78, 5) is 23.1. The molecule has 0 aliphatic heterocycles. The molecule has 3 aromatic carbocycles. The van der Waals surface area contributed by atoms with Crippen LogP contribution in [0.3, 0.4) is 0 Å². The van der Waals surface area contributed by atoms with Gasteiger partial charge in [0.1, 0.15) is 5.75 Å². The number of nitrogens with two attached hydrogens (primary N) is 1. The van der Waals surface area contributed by atoms with Gasteiger partial charge in [0.2, 0.25) is 0 Å². The number of amides is 2. The maximum Gasteiger partial charge on any atom is 0.344 e. The summed E-state index contributed by atoms with van der Waals surface area (Å²) in [7, 11) is 0. The maximum absolute atomic E-state index is 12.5. The number of urea groups is 1. The van der Waals surface area contributed by atoms with Gasteiger partial charge in [-0.25, -0.2) is 15.0 Å². The zero-order valence-corrected chi connectivity index (χ0v) is 13.2. The van der Waals surface area contributed by atoms with Crippen LogP contribution in [0.5, 0.6) is 5.75 Å². The number of nitrogens with zero attached hydrogens (tertiary/aromatic N) is 1. The standard InChI is InChI=1S/C19H15N3O3/c20-19(24)22-21-12-13-5-3-8-15(11-13)25-18(23)17-10-4-7-14-6-1-2-9-16(14)17/h1-12H,(H3,20,22,24)/b21-12-. The third kappa shape index (κ3) is 4.00. The zero-order valence-electron chi connectivity index (χ0n) is 13.2. The molecule has 0 saturated heterocycles. The molecule has 25 heavy (non-hydrogen) atoms. The Morgan fingerprint density at radius 3 is 2.60 bits per heavy atom. The third-order valence-electron chi connectivity index (χ3n) is 3.47. The van der Waals surface area contributed by atoms with Crippen LogP contribution in [0.2, 0.25) is 0 Å². The normalized spacial score (nSPS) is 10.7. The third-order valence-corrected chi connectivity index (χ3v) is 3.47. The van der Waals surface area contributed by atoms with Crippen molar-refractivity contribution in [2.75, 3.05) is 0 Å². The highest BCUT2D eigenvalue weighted by atomic mass is 16.5. The smallest absolute Gasteiger partial charge is 0.344 e. The van der Waals surface area contributed by atoms with Gasteiger partial charge in [-0.2, -0.15) is 5.10 Å². The Kier molecular flexibility index (Phi) is 4.71. The van der Waals surface area contributed by atoms with Crippen LogP contribution in [0.1, 0.15) is 15.9 Å². The lowest BCUT2D eigenvalue weighted by Crippen LogP contribution is -2.24. The van der Waals surface area contributed by atoms with E-state index in [1.54, 1.807) is 30.3 Å². The Morgan fingerprint density at radius 2 is 1.76 bits per heavy atom. The molecular weight excluding hydrogens is 318 g/mol. The van der Waals surface area contributed by atoms with Gasteiger partial charge in [0.25, 0.3) is 0 Å². The Hall–Kier alpha value is -3.67. The number of benzene rings is 3. The molecule has 3 N–H and O–H groups in total. The Bertz CT molecular complexity index is 962. The molecule has 0 aromatic heterocycles. The molecule has 0 aliphatic carbocycles. The van der Waals surface area contributed by atoms with Crippen molar-refractivity contribution in [2.45, 2.75) is 0 Å². The van der Waals surface area contributed by atoms with E-state index in [2.05, 4.69) is 10.5 Å². The van der Waals surface area contributed by atoms with Gasteiger partial charge in [-0.3, -0.25) is 0 Å². The van der Waals surface area contributed by atoms with E-state index in [4.69, 9.17) is 10.5 Å². The summed E-state index contributed by atoms with van der Waals surface area (Å²) in [5.41, 5.74) is 8.17. The minimum atomic E-state index is -0.755. The molecule has 124 valence electrons.